The summed E-state index contributed by atoms with van der Waals surface area (Å²) < 4.78 is 1.69. The van der Waals surface area contributed by atoms with Crippen LogP contribution < -0.4 is 0 Å². The van der Waals surface area contributed by atoms with Crippen LogP contribution in [0.15, 0.2) is 36.5 Å². The molecule has 1 aromatic heterocycles. The second-order valence-electron chi connectivity index (χ2n) is 5.83. The van der Waals surface area contributed by atoms with Gasteiger partial charge in [-0.2, -0.15) is 0 Å². The van der Waals surface area contributed by atoms with Gasteiger partial charge < -0.3 is 5.11 Å². The number of benzene rings is 1. The van der Waals surface area contributed by atoms with Gasteiger partial charge >= 0.3 is 0 Å². The van der Waals surface area contributed by atoms with Crippen molar-refractivity contribution in [2.24, 2.45) is 7.05 Å². The molecule has 1 atom stereocenters. The Balaban J connectivity index is 1.87. The molecule has 4 heteroatoms. The number of aryl methyl sites for hydroxylation is 1. The summed E-state index contributed by atoms with van der Waals surface area (Å²) in [5.41, 5.74) is 2.01. The van der Waals surface area contributed by atoms with Crippen molar-refractivity contribution < 1.29 is 5.11 Å². The third-order valence-corrected chi connectivity index (χ3v) is 4.53. The molecule has 0 radical (unpaired) electrons. The molecule has 20 heavy (non-hydrogen) atoms. The van der Waals surface area contributed by atoms with Gasteiger partial charge in [-0.3, -0.25) is 4.68 Å². The minimum atomic E-state index is -0.399. The number of rotatable bonds is 4. The number of aromatic nitrogens is 3. The van der Waals surface area contributed by atoms with Gasteiger partial charge in [0.15, 0.2) is 0 Å². The molecule has 4 nitrogen and oxygen atoms in total. The van der Waals surface area contributed by atoms with Crippen molar-refractivity contribution >= 4 is 0 Å². The Morgan fingerprint density at radius 3 is 2.55 bits per heavy atom. The van der Waals surface area contributed by atoms with Crippen LogP contribution in [0.25, 0.3) is 0 Å². The van der Waals surface area contributed by atoms with Crippen molar-refractivity contribution in [3.63, 3.8) is 0 Å². The van der Waals surface area contributed by atoms with E-state index in [1.807, 2.05) is 19.3 Å². The highest BCUT2D eigenvalue weighted by molar-refractivity contribution is 5.29. The summed E-state index contributed by atoms with van der Waals surface area (Å²) in [5, 5.41) is 18.9. The van der Waals surface area contributed by atoms with E-state index in [2.05, 4.69) is 34.6 Å². The SMILES string of the molecule is Cn1cc(CC(O)C2(c3ccccc3)CCCC2)nn1. The Morgan fingerprint density at radius 1 is 1.25 bits per heavy atom. The lowest BCUT2D eigenvalue weighted by molar-refractivity contribution is 0.0817. The largest absolute Gasteiger partial charge is 0.392 e. The summed E-state index contributed by atoms with van der Waals surface area (Å²) in [7, 11) is 1.85. The number of aliphatic hydroxyl groups excluding tert-OH is 1. The van der Waals surface area contributed by atoms with E-state index in [9.17, 15) is 5.11 Å². The lowest BCUT2D eigenvalue weighted by Crippen LogP contribution is -2.38. The van der Waals surface area contributed by atoms with Crippen molar-refractivity contribution in [3.05, 3.63) is 47.8 Å². The number of aliphatic hydroxyl groups is 1. The van der Waals surface area contributed by atoms with E-state index in [-0.39, 0.29) is 5.41 Å². The number of nitrogens with zero attached hydrogens (tertiary/aromatic N) is 3. The molecule has 1 saturated carbocycles. The van der Waals surface area contributed by atoms with Crippen LogP contribution in [0.1, 0.15) is 36.9 Å². The molecule has 0 spiro atoms. The molecule has 1 heterocycles. The van der Waals surface area contributed by atoms with Crippen LogP contribution >= 0.6 is 0 Å². The van der Waals surface area contributed by atoms with E-state index >= 15 is 0 Å². The molecule has 1 unspecified atom stereocenters. The predicted octanol–water partition coefficient (Wildman–Crippen LogP) is 2.23. The molecule has 1 aromatic carbocycles. The van der Waals surface area contributed by atoms with Gasteiger partial charge in [0.05, 0.1) is 11.8 Å². The molecule has 0 saturated heterocycles. The summed E-state index contributed by atoms with van der Waals surface area (Å²) in [6.07, 6.45) is 6.54. The number of hydrogen-bond donors (Lipinski definition) is 1. The summed E-state index contributed by atoms with van der Waals surface area (Å²) in [6.45, 7) is 0. The maximum Gasteiger partial charge on any atom is 0.0853 e. The highest BCUT2D eigenvalue weighted by Crippen LogP contribution is 2.44. The Hall–Kier alpha value is -1.68. The smallest absolute Gasteiger partial charge is 0.0853 e. The zero-order chi connectivity index (χ0) is 14.0. The van der Waals surface area contributed by atoms with Crippen molar-refractivity contribution in [1.82, 2.24) is 15.0 Å². The van der Waals surface area contributed by atoms with Crippen LogP contribution in [0.2, 0.25) is 0 Å². The zero-order valence-corrected chi connectivity index (χ0v) is 11.9. The minimum absolute atomic E-state index is 0.112. The number of hydrogen-bond acceptors (Lipinski definition) is 3. The molecule has 1 fully saturated rings. The van der Waals surface area contributed by atoms with Crippen LogP contribution in [-0.4, -0.2) is 26.2 Å². The van der Waals surface area contributed by atoms with Gasteiger partial charge in [0.1, 0.15) is 0 Å². The van der Waals surface area contributed by atoms with Crippen molar-refractivity contribution in [3.8, 4) is 0 Å². The maximum atomic E-state index is 10.8. The van der Waals surface area contributed by atoms with Gasteiger partial charge in [0.2, 0.25) is 0 Å². The van der Waals surface area contributed by atoms with E-state index < -0.39 is 6.10 Å². The molecule has 1 N–H and O–H groups in total. The first-order valence-electron chi connectivity index (χ1n) is 7.29. The third kappa shape index (κ3) is 2.36. The van der Waals surface area contributed by atoms with Crippen LogP contribution in [0.5, 0.6) is 0 Å². The monoisotopic (exact) mass is 271 g/mol. The molecular formula is C16H21N3O. The van der Waals surface area contributed by atoms with E-state index in [1.54, 1.807) is 4.68 Å². The highest BCUT2D eigenvalue weighted by Gasteiger charge is 2.42. The minimum Gasteiger partial charge on any atom is -0.392 e. The predicted molar refractivity (Wildman–Crippen MR) is 77.3 cm³/mol. The molecule has 0 amide bonds. The van der Waals surface area contributed by atoms with Crippen LogP contribution in [-0.2, 0) is 18.9 Å². The second kappa shape index (κ2) is 5.37. The summed E-state index contributed by atoms with van der Waals surface area (Å²) in [4.78, 5) is 0. The van der Waals surface area contributed by atoms with Gasteiger partial charge in [-0.25, -0.2) is 0 Å². The Labute approximate surface area is 119 Å². The standard InChI is InChI=1S/C16H21N3O/c1-19-12-14(17-18-19)11-15(20)16(9-5-6-10-16)13-7-3-2-4-8-13/h2-4,7-8,12,15,20H,5-6,9-11H2,1H3. The molecule has 3 rings (SSSR count). The first-order valence-corrected chi connectivity index (χ1v) is 7.29. The zero-order valence-electron chi connectivity index (χ0n) is 11.9. The summed E-state index contributed by atoms with van der Waals surface area (Å²) in [5.74, 6) is 0. The van der Waals surface area contributed by atoms with Gasteiger partial charge in [-0.15, -0.1) is 5.10 Å². The van der Waals surface area contributed by atoms with E-state index in [4.69, 9.17) is 0 Å². The fraction of sp³-hybridized carbons (Fsp3) is 0.500. The molecule has 0 bridgehead atoms. The fourth-order valence-corrected chi connectivity index (χ4v) is 3.47. The highest BCUT2D eigenvalue weighted by atomic mass is 16.3. The van der Waals surface area contributed by atoms with Gasteiger partial charge in [0, 0.05) is 25.1 Å². The van der Waals surface area contributed by atoms with Crippen LogP contribution in [0, 0.1) is 0 Å². The van der Waals surface area contributed by atoms with Crippen molar-refractivity contribution in [2.75, 3.05) is 0 Å². The van der Waals surface area contributed by atoms with Crippen molar-refractivity contribution in [2.45, 2.75) is 43.6 Å². The normalized spacial score (nSPS) is 19.1. The first kappa shape index (κ1) is 13.3. The van der Waals surface area contributed by atoms with Crippen molar-refractivity contribution in [1.29, 1.82) is 0 Å². The summed E-state index contributed by atoms with van der Waals surface area (Å²) in [6, 6.07) is 10.4. The molecule has 0 aliphatic heterocycles. The molecule has 106 valence electrons. The average molecular weight is 271 g/mol. The third-order valence-electron chi connectivity index (χ3n) is 4.53. The van der Waals surface area contributed by atoms with Gasteiger partial charge in [-0.1, -0.05) is 48.4 Å². The topological polar surface area (TPSA) is 50.9 Å². The lowest BCUT2D eigenvalue weighted by Gasteiger charge is -2.34. The molecule has 1 aliphatic rings. The molecule has 2 aromatic rings. The second-order valence-corrected chi connectivity index (χ2v) is 5.83. The quantitative estimate of drug-likeness (QED) is 0.927. The van der Waals surface area contributed by atoms with Gasteiger partial charge in [0.25, 0.3) is 0 Å². The maximum absolute atomic E-state index is 10.8. The molecular weight excluding hydrogens is 250 g/mol. The van der Waals surface area contributed by atoms with E-state index in [0.29, 0.717) is 6.42 Å². The average Bonchev–Trinajstić information content (AvgIpc) is 3.10. The van der Waals surface area contributed by atoms with E-state index in [0.717, 1.165) is 18.5 Å². The van der Waals surface area contributed by atoms with Crippen LogP contribution in [0.4, 0.5) is 0 Å². The Kier molecular flexibility index (Phi) is 3.57. The lowest BCUT2D eigenvalue weighted by atomic mass is 9.73. The summed E-state index contributed by atoms with van der Waals surface area (Å²) >= 11 is 0. The Bertz CT molecular complexity index is 558. The first-order chi connectivity index (χ1) is 9.71. The van der Waals surface area contributed by atoms with Gasteiger partial charge in [-0.05, 0) is 18.4 Å². The van der Waals surface area contributed by atoms with Crippen LogP contribution in [0.3, 0.4) is 0 Å². The molecule has 1 aliphatic carbocycles. The fourth-order valence-electron chi connectivity index (χ4n) is 3.47. The van der Waals surface area contributed by atoms with E-state index in [1.165, 1.54) is 18.4 Å². The Morgan fingerprint density at radius 2 is 1.95 bits per heavy atom.